The minimum Gasteiger partial charge on any atom is -0.477 e. The number of rotatable bonds is 6. The van der Waals surface area contributed by atoms with E-state index in [1.165, 1.54) is 42.3 Å². The van der Waals surface area contributed by atoms with Gasteiger partial charge in [0.2, 0.25) is 5.88 Å². The second kappa shape index (κ2) is 8.78. The molecule has 120 valence electrons. The molecule has 2 rings (SSSR count). The number of methoxy groups -OCH3 is 1. The number of ether oxygens (including phenoxy) is 2. The average Bonchev–Trinajstić information content (AvgIpc) is 2.94. The smallest absolute Gasteiger partial charge is 0.342 e. The molecule has 0 unspecified atom stereocenters. The van der Waals surface area contributed by atoms with Gasteiger partial charge in [0.25, 0.3) is 0 Å². The number of aromatic nitrogens is 2. The van der Waals surface area contributed by atoms with Gasteiger partial charge in [0.1, 0.15) is 18.0 Å². The van der Waals surface area contributed by atoms with Crippen molar-refractivity contribution in [2.24, 2.45) is 0 Å². The Morgan fingerprint density at radius 2 is 1.91 bits per heavy atom. The monoisotopic (exact) mass is 310 g/mol. The van der Waals surface area contributed by atoms with Crippen molar-refractivity contribution in [2.45, 2.75) is 13.8 Å². The van der Waals surface area contributed by atoms with Crippen LogP contribution in [0.3, 0.4) is 0 Å². The lowest BCUT2D eigenvalue weighted by Crippen LogP contribution is -2.11. The Balaban J connectivity index is 0.00000116. The number of carboxylic acid groups (broad SMARTS) is 1. The van der Waals surface area contributed by atoms with Crippen molar-refractivity contribution in [1.29, 1.82) is 0 Å². The van der Waals surface area contributed by atoms with Crippen molar-refractivity contribution in [1.82, 2.24) is 9.78 Å². The number of hydrogen-bond donors (Lipinski definition) is 1. The van der Waals surface area contributed by atoms with Crippen LogP contribution in [-0.4, -0.2) is 41.2 Å². The molecule has 1 N–H and O–H groups in total. The summed E-state index contributed by atoms with van der Waals surface area (Å²) in [6, 6.07) is 5.49. The molecule has 0 bridgehead atoms. The van der Waals surface area contributed by atoms with Crippen molar-refractivity contribution in [3.05, 3.63) is 41.8 Å². The highest BCUT2D eigenvalue weighted by atomic mass is 19.1. The number of nitrogens with zero attached hydrogens (tertiary/aromatic N) is 2. The van der Waals surface area contributed by atoms with Crippen LogP contribution >= 0.6 is 0 Å². The summed E-state index contributed by atoms with van der Waals surface area (Å²) in [4.78, 5) is 11.1. The Morgan fingerprint density at radius 1 is 1.27 bits per heavy atom. The van der Waals surface area contributed by atoms with Crippen LogP contribution in [0.4, 0.5) is 4.39 Å². The number of carbonyl (C=O) groups is 1. The fourth-order valence-corrected chi connectivity index (χ4v) is 1.61. The molecular weight excluding hydrogens is 291 g/mol. The zero-order valence-electron chi connectivity index (χ0n) is 12.7. The Kier molecular flexibility index (Phi) is 7.04. The third-order valence-corrected chi connectivity index (χ3v) is 2.55. The summed E-state index contributed by atoms with van der Waals surface area (Å²) < 4.78 is 24.5. The molecule has 0 spiro atoms. The summed E-state index contributed by atoms with van der Waals surface area (Å²) in [5.41, 5.74) is 0.441. The van der Waals surface area contributed by atoms with Gasteiger partial charge in [-0.05, 0) is 24.3 Å². The van der Waals surface area contributed by atoms with E-state index in [9.17, 15) is 9.18 Å². The van der Waals surface area contributed by atoms with Gasteiger partial charge in [-0.15, -0.1) is 0 Å². The molecule has 7 heteroatoms. The summed E-state index contributed by atoms with van der Waals surface area (Å²) in [6.07, 6.45) is 1.19. The van der Waals surface area contributed by atoms with Gasteiger partial charge in [-0.2, -0.15) is 5.10 Å². The number of aromatic carboxylic acids is 1. The molecule has 0 radical (unpaired) electrons. The molecule has 0 saturated heterocycles. The van der Waals surface area contributed by atoms with Crippen molar-refractivity contribution >= 4 is 5.97 Å². The summed E-state index contributed by atoms with van der Waals surface area (Å²) in [5.74, 6) is -1.45. The maximum atomic E-state index is 12.9. The van der Waals surface area contributed by atoms with E-state index >= 15 is 0 Å². The number of benzene rings is 1. The maximum absolute atomic E-state index is 12.9. The average molecular weight is 310 g/mol. The fourth-order valence-electron chi connectivity index (χ4n) is 1.61. The van der Waals surface area contributed by atoms with Crippen molar-refractivity contribution in [3.63, 3.8) is 0 Å². The lowest BCUT2D eigenvalue weighted by molar-refractivity contribution is 0.0689. The summed E-state index contributed by atoms with van der Waals surface area (Å²) in [7, 11) is 1.51. The van der Waals surface area contributed by atoms with Gasteiger partial charge in [0.15, 0.2) is 0 Å². The molecule has 0 aliphatic carbocycles. The quantitative estimate of drug-likeness (QED) is 0.831. The van der Waals surface area contributed by atoms with Crippen molar-refractivity contribution in [2.75, 3.05) is 20.3 Å². The molecule has 2 aromatic rings. The first-order valence-corrected chi connectivity index (χ1v) is 6.82. The molecule has 1 aromatic carbocycles. The Morgan fingerprint density at radius 3 is 2.45 bits per heavy atom. The normalized spacial score (nSPS) is 9.82. The molecule has 0 fully saturated rings. The van der Waals surface area contributed by atoms with Gasteiger partial charge >= 0.3 is 5.97 Å². The Labute approximate surface area is 128 Å². The molecule has 0 aliphatic heterocycles. The zero-order chi connectivity index (χ0) is 16.5. The Bertz CT molecular complexity index is 596. The van der Waals surface area contributed by atoms with Crippen molar-refractivity contribution < 1.29 is 23.8 Å². The standard InChI is InChI=1S/C13H13FN2O4.C2H6/c1-19-6-7-20-12-11(13(17)18)8-15-16(12)10-4-2-9(14)3-5-10;1-2/h2-5,8H,6-7H2,1H3,(H,17,18);1-2H3. The predicted octanol–water partition coefficient (Wildman–Crippen LogP) is 2.76. The van der Waals surface area contributed by atoms with Crippen LogP contribution < -0.4 is 4.74 Å². The maximum Gasteiger partial charge on any atom is 0.342 e. The topological polar surface area (TPSA) is 73.6 Å². The molecular formula is C15H19FN2O4. The number of halogens is 1. The molecule has 1 heterocycles. The minimum atomic E-state index is -1.15. The molecule has 0 aliphatic rings. The highest BCUT2D eigenvalue weighted by Gasteiger charge is 2.19. The predicted molar refractivity (Wildman–Crippen MR) is 79.2 cm³/mol. The molecule has 22 heavy (non-hydrogen) atoms. The first-order valence-electron chi connectivity index (χ1n) is 6.82. The van der Waals surface area contributed by atoms with Gasteiger partial charge in [-0.3, -0.25) is 0 Å². The SMILES string of the molecule is CC.COCCOc1c(C(=O)O)cnn1-c1ccc(F)cc1. The summed E-state index contributed by atoms with van der Waals surface area (Å²) >= 11 is 0. The lowest BCUT2D eigenvalue weighted by atomic mass is 10.3. The second-order valence-corrected chi connectivity index (χ2v) is 3.90. The van der Waals surface area contributed by atoms with Crippen LogP contribution in [0.5, 0.6) is 5.88 Å². The van der Waals surface area contributed by atoms with E-state index < -0.39 is 5.97 Å². The molecule has 6 nitrogen and oxygen atoms in total. The number of hydrogen-bond acceptors (Lipinski definition) is 4. The van der Waals surface area contributed by atoms with Crippen LogP contribution in [0.25, 0.3) is 5.69 Å². The highest BCUT2D eigenvalue weighted by molar-refractivity contribution is 5.90. The minimum absolute atomic E-state index is 0.0644. The summed E-state index contributed by atoms with van der Waals surface area (Å²) in [5, 5.41) is 13.1. The fraction of sp³-hybridized carbons (Fsp3) is 0.333. The van der Waals surface area contributed by atoms with Crippen molar-refractivity contribution in [3.8, 4) is 11.6 Å². The van der Waals surface area contributed by atoms with E-state index in [2.05, 4.69) is 5.10 Å². The first-order chi connectivity index (χ1) is 10.6. The Hall–Kier alpha value is -2.41. The van der Waals surface area contributed by atoms with Crippen LogP contribution in [0.1, 0.15) is 24.2 Å². The van der Waals surface area contributed by atoms with E-state index in [-0.39, 0.29) is 23.9 Å². The van der Waals surface area contributed by atoms with Gasteiger partial charge < -0.3 is 14.6 Å². The van der Waals surface area contributed by atoms with Gasteiger partial charge in [-0.1, -0.05) is 13.8 Å². The zero-order valence-corrected chi connectivity index (χ0v) is 12.7. The number of carboxylic acids is 1. The largest absolute Gasteiger partial charge is 0.477 e. The van der Waals surface area contributed by atoms with Crippen LogP contribution in [-0.2, 0) is 4.74 Å². The van der Waals surface area contributed by atoms with E-state index in [4.69, 9.17) is 14.6 Å². The van der Waals surface area contributed by atoms with E-state index in [0.29, 0.717) is 12.3 Å². The van der Waals surface area contributed by atoms with Crippen LogP contribution in [0.2, 0.25) is 0 Å². The summed E-state index contributed by atoms with van der Waals surface area (Å²) in [6.45, 7) is 4.50. The molecule has 0 saturated carbocycles. The molecule has 0 atom stereocenters. The van der Waals surface area contributed by atoms with Gasteiger partial charge in [0, 0.05) is 7.11 Å². The lowest BCUT2D eigenvalue weighted by Gasteiger charge is -2.10. The van der Waals surface area contributed by atoms with E-state index in [1.54, 1.807) is 0 Å². The molecule has 1 aromatic heterocycles. The highest BCUT2D eigenvalue weighted by Crippen LogP contribution is 2.23. The van der Waals surface area contributed by atoms with Gasteiger partial charge in [0.05, 0.1) is 18.5 Å². The van der Waals surface area contributed by atoms with Crippen LogP contribution in [0.15, 0.2) is 30.5 Å². The third-order valence-electron chi connectivity index (χ3n) is 2.55. The second-order valence-electron chi connectivity index (χ2n) is 3.90. The van der Waals surface area contributed by atoms with Crippen LogP contribution in [0, 0.1) is 5.82 Å². The first kappa shape index (κ1) is 17.6. The molecule has 0 amide bonds. The van der Waals surface area contributed by atoms with E-state index in [0.717, 1.165) is 0 Å². The van der Waals surface area contributed by atoms with E-state index in [1.807, 2.05) is 13.8 Å². The third kappa shape index (κ3) is 4.29. The van der Waals surface area contributed by atoms with Gasteiger partial charge in [-0.25, -0.2) is 13.9 Å².